The third-order valence-corrected chi connectivity index (χ3v) is 4.45. The minimum atomic E-state index is -0.384. The Morgan fingerprint density at radius 2 is 1.70 bits per heavy atom. The average molecular weight is 404 g/mol. The number of ether oxygens (including phenoxy) is 2. The molecular weight excluding hydrogens is 391 g/mol. The van der Waals surface area contributed by atoms with Crippen LogP contribution in [0, 0.1) is 5.82 Å². The van der Waals surface area contributed by atoms with Crippen molar-refractivity contribution in [2.24, 2.45) is 0 Å². The van der Waals surface area contributed by atoms with Crippen molar-refractivity contribution in [2.45, 2.75) is 4.83 Å². The molecule has 0 amide bonds. The summed E-state index contributed by atoms with van der Waals surface area (Å²) in [7, 11) is 3.06. The molecule has 0 N–H and O–H groups in total. The Labute approximate surface area is 134 Å². The molecule has 0 aromatic heterocycles. The zero-order valence-electron chi connectivity index (χ0n) is 11.0. The first-order valence-corrected chi connectivity index (χ1v) is 7.58. The summed E-state index contributed by atoms with van der Waals surface area (Å²) in [4.78, 5) is -0.161. The number of halogens is 3. The summed E-state index contributed by atoms with van der Waals surface area (Å²) in [5.41, 5.74) is 1.73. The van der Waals surface area contributed by atoms with Crippen molar-refractivity contribution >= 4 is 31.9 Å². The van der Waals surface area contributed by atoms with E-state index < -0.39 is 0 Å². The van der Waals surface area contributed by atoms with Crippen LogP contribution in [0.5, 0.6) is 11.5 Å². The molecule has 20 heavy (non-hydrogen) atoms. The molecule has 2 nitrogen and oxygen atoms in total. The van der Waals surface area contributed by atoms with Gasteiger partial charge in [0.05, 0.1) is 19.0 Å². The molecule has 0 saturated carbocycles. The fourth-order valence-corrected chi connectivity index (χ4v) is 2.92. The number of hydrogen-bond donors (Lipinski definition) is 0. The second-order valence-electron chi connectivity index (χ2n) is 4.14. The first-order chi connectivity index (χ1) is 9.56. The molecule has 0 aliphatic rings. The van der Waals surface area contributed by atoms with Gasteiger partial charge in [-0.2, -0.15) is 0 Å². The highest BCUT2D eigenvalue weighted by Gasteiger charge is 2.17. The third kappa shape index (κ3) is 3.15. The second-order valence-corrected chi connectivity index (χ2v) is 5.97. The quantitative estimate of drug-likeness (QED) is 0.662. The summed E-state index contributed by atoms with van der Waals surface area (Å²) >= 11 is 6.99. The summed E-state index contributed by atoms with van der Waals surface area (Å²) in [5, 5.41) is 0. The summed E-state index contributed by atoms with van der Waals surface area (Å²) in [5.74, 6) is 0.583. The lowest BCUT2D eigenvalue weighted by Gasteiger charge is -2.15. The van der Waals surface area contributed by atoms with Crippen LogP contribution >= 0.6 is 31.9 Å². The van der Waals surface area contributed by atoms with Gasteiger partial charge in [-0.15, -0.1) is 0 Å². The highest BCUT2D eigenvalue weighted by molar-refractivity contribution is 9.10. The van der Waals surface area contributed by atoms with E-state index in [2.05, 4.69) is 31.9 Å². The number of methoxy groups -OCH3 is 2. The van der Waals surface area contributed by atoms with Gasteiger partial charge in [-0.3, -0.25) is 0 Å². The molecule has 0 spiro atoms. The van der Waals surface area contributed by atoms with Gasteiger partial charge >= 0.3 is 0 Å². The molecule has 1 atom stereocenters. The maximum Gasteiger partial charge on any atom is 0.165 e. The van der Waals surface area contributed by atoms with Crippen LogP contribution in [0.1, 0.15) is 16.0 Å². The predicted octanol–water partition coefficient (Wildman–Crippen LogP) is 5.09. The Bertz CT molecular complexity index is 617. The maximum atomic E-state index is 13.8. The molecule has 0 radical (unpaired) electrons. The van der Waals surface area contributed by atoms with Crippen molar-refractivity contribution in [1.82, 2.24) is 0 Å². The lowest BCUT2D eigenvalue weighted by molar-refractivity contribution is 0.386. The predicted molar refractivity (Wildman–Crippen MR) is 84.4 cm³/mol. The number of benzene rings is 2. The summed E-state index contributed by atoms with van der Waals surface area (Å²) in [6.45, 7) is 0. The maximum absolute atomic E-state index is 13.8. The molecule has 0 aliphatic heterocycles. The largest absolute Gasteiger partial charge is 0.496 e. The highest BCUT2D eigenvalue weighted by Crippen LogP contribution is 2.38. The fourth-order valence-electron chi connectivity index (χ4n) is 1.91. The summed E-state index contributed by atoms with van der Waals surface area (Å²) in [6, 6.07) is 10.6. The van der Waals surface area contributed by atoms with Gasteiger partial charge < -0.3 is 9.47 Å². The molecule has 0 saturated heterocycles. The number of hydrogen-bond acceptors (Lipinski definition) is 2. The van der Waals surface area contributed by atoms with Crippen LogP contribution < -0.4 is 9.47 Å². The lowest BCUT2D eigenvalue weighted by atomic mass is 10.0. The zero-order chi connectivity index (χ0) is 14.7. The van der Waals surface area contributed by atoms with E-state index in [0.717, 1.165) is 21.3 Å². The molecule has 5 heteroatoms. The van der Waals surface area contributed by atoms with Gasteiger partial charge in [-0.25, -0.2) is 4.39 Å². The first-order valence-electron chi connectivity index (χ1n) is 5.87. The normalized spacial score (nSPS) is 12.1. The molecule has 2 aromatic rings. The molecule has 1 unspecified atom stereocenters. The van der Waals surface area contributed by atoms with Crippen LogP contribution in [0.15, 0.2) is 40.9 Å². The Hall–Kier alpha value is -1.07. The lowest BCUT2D eigenvalue weighted by Crippen LogP contribution is -1.98. The van der Waals surface area contributed by atoms with Gasteiger partial charge in [0, 0.05) is 10.0 Å². The summed E-state index contributed by atoms with van der Waals surface area (Å²) < 4.78 is 25.0. The molecule has 106 valence electrons. The standard InChI is InChI=1S/C15H13Br2FO2/c1-19-13-6-3-9(7-12(13)18)15(17)11-5-4-10(16)8-14(11)20-2/h3-8,15H,1-2H3. The molecule has 0 fully saturated rings. The number of alkyl halides is 1. The Morgan fingerprint density at radius 1 is 1.00 bits per heavy atom. The minimum Gasteiger partial charge on any atom is -0.496 e. The van der Waals surface area contributed by atoms with Crippen molar-refractivity contribution in [1.29, 1.82) is 0 Å². The van der Waals surface area contributed by atoms with E-state index in [1.807, 2.05) is 24.3 Å². The third-order valence-electron chi connectivity index (χ3n) is 2.94. The van der Waals surface area contributed by atoms with Gasteiger partial charge in [0.2, 0.25) is 0 Å². The zero-order valence-corrected chi connectivity index (χ0v) is 14.2. The smallest absolute Gasteiger partial charge is 0.165 e. The Kier molecular flexibility index (Phi) is 5.05. The van der Waals surface area contributed by atoms with Gasteiger partial charge in [0.15, 0.2) is 11.6 Å². The monoisotopic (exact) mass is 402 g/mol. The second kappa shape index (κ2) is 6.59. The molecule has 0 aliphatic carbocycles. The van der Waals surface area contributed by atoms with Crippen LogP contribution in [0.2, 0.25) is 0 Å². The van der Waals surface area contributed by atoms with Crippen LogP contribution in [0.3, 0.4) is 0 Å². The Morgan fingerprint density at radius 3 is 2.30 bits per heavy atom. The molecule has 2 rings (SSSR count). The van der Waals surface area contributed by atoms with Crippen molar-refractivity contribution in [3.05, 3.63) is 57.8 Å². The average Bonchev–Trinajstić information content (AvgIpc) is 2.46. The van der Waals surface area contributed by atoms with Crippen LogP contribution in [0.25, 0.3) is 0 Å². The van der Waals surface area contributed by atoms with Crippen LogP contribution in [-0.2, 0) is 0 Å². The van der Waals surface area contributed by atoms with Crippen molar-refractivity contribution in [3.8, 4) is 11.5 Å². The van der Waals surface area contributed by atoms with E-state index in [9.17, 15) is 4.39 Å². The van der Waals surface area contributed by atoms with Gasteiger partial charge in [-0.1, -0.05) is 44.0 Å². The van der Waals surface area contributed by atoms with Gasteiger partial charge in [0.25, 0.3) is 0 Å². The van der Waals surface area contributed by atoms with Crippen molar-refractivity contribution in [3.63, 3.8) is 0 Å². The minimum absolute atomic E-state index is 0.161. The van der Waals surface area contributed by atoms with Gasteiger partial charge in [-0.05, 0) is 29.8 Å². The number of rotatable bonds is 4. The van der Waals surface area contributed by atoms with Crippen molar-refractivity contribution in [2.75, 3.05) is 14.2 Å². The van der Waals surface area contributed by atoms with E-state index in [1.165, 1.54) is 13.2 Å². The molecule has 2 aromatic carbocycles. The Balaban J connectivity index is 2.40. The highest BCUT2D eigenvalue weighted by atomic mass is 79.9. The summed E-state index contributed by atoms with van der Waals surface area (Å²) in [6.07, 6.45) is 0. The first kappa shape index (κ1) is 15.3. The molecule has 0 bridgehead atoms. The van der Waals surface area contributed by atoms with Gasteiger partial charge in [0.1, 0.15) is 5.75 Å². The fraction of sp³-hybridized carbons (Fsp3) is 0.200. The van der Waals surface area contributed by atoms with E-state index in [4.69, 9.17) is 9.47 Å². The van der Waals surface area contributed by atoms with E-state index in [-0.39, 0.29) is 16.4 Å². The van der Waals surface area contributed by atoms with E-state index >= 15 is 0 Å². The van der Waals surface area contributed by atoms with Crippen LogP contribution in [-0.4, -0.2) is 14.2 Å². The van der Waals surface area contributed by atoms with E-state index in [1.54, 1.807) is 13.2 Å². The topological polar surface area (TPSA) is 18.5 Å². The van der Waals surface area contributed by atoms with Crippen molar-refractivity contribution < 1.29 is 13.9 Å². The van der Waals surface area contributed by atoms with E-state index in [0.29, 0.717) is 0 Å². The molecule has 0 heterocycles. The van der Waals surface area contributed by atoms with Crippen LogP contribution in [0.4, 0.5) is 4.39 Å². The molecular formula is C15H13Br2FO2. The SMILES string of the molecule is COc1ccc(C(Br)c2ccc(Br)cc2OC)cc1F.